The van der Waals surface area contributed by atoms with Crippen molar-refractivity contribution in [2.45, 2.75) is 38.7 Å². The topological polar surface area (TPSA) is 87.4 Å². The lowest BCUT2D eigenvalue weighted by atomic mass is 9.93. The van der Waals surface area contributed by atoms with Gasteiger partial charge in [-0.15, -0.1) is 0 Å². The van der Waals surface area contributed by atoms with Crippen molar-refractivity contribution in [1.82, 2.24) is 10.5 Å². The second-order valence-corrected chi connectivity index (χ2v) is 7.20. The van der Waals surface area contributed by atoms with E-state index in [9.17, 15) is 9.90 Å². The Hall–Kier alpha value is -1.86. The second-order valence-electron chi connectivity index (χ2n) is 6.42. The van der Waals surface area contributed by atoms with E-state index in [0.717, 1.165) is 5.56 Å². The molecule has 0 aliphatic heterocycles. The molecular weight excluding hydrogens is 302 g/mol. The van der Waals surface area contributed by atoms with E-state index in [4.69, 9.17) is 4.52 Å². The Bertz CT molecular complexity index is 627. The summed E-state index contributed by atoms with van der Waals surface area (Å²) < 4.78 is 5.19. The van der Waals surface area contributed by atoms with Gasteiger partial charge in [-0.2, -0.15) is 11.3 Å². The number of thiophene rings is 1. The molecular formula is C15H21N3O3S. The Labute approximate surface area is 133 Å². The van der Waals surface area contributed by atoms with Gasteiger partial charge < -0.3 is 14.9 Å². The molecule has 1 atom stereocenters. The monoisotopic (exact) mass is 323 g/mol. The fraction of sp³-hybridized carbons (Fsp3) is 0.467. The smallest absolute Gasteiger partial charge is 0.320 e. The quantitative estimate of drug-likeness (QED) is 0.807. The van der Waals surface area contributed by atoms with Gasteiger partial charge in [0.25, 0.3) is 0 Å². The number of aliphatic hydroxyl groups is 1. The highest BCUT2D eigenvalue weighted by molar-refractivity contribution is 7.08. The molecule has 0 aromatic carbocycles. The molecule has 1 unspecified atom stereocenters. The lowest BCUT2D eigenvalue weighted by molar-refractivity contribution is 0.0604. The molecule has 3 N–H and O–H groups in total. The van der Waals surface area contributed by atoms with E-state index in [2.05, 4.69) is 15.8 Å². The zero-order valence-electron chi connectivity index (χ0n) is 13.1. The van der Waals surface area contributed by atoms with Crippen molar-refractivity contribution in [2.75, 3.05) is 11.9 Å². The first kappa shape index (κ1) is 16.5. The Morgan fingerprint density at radius 1 is 1.41 bits per heavy atom. The molecule has 2 aromatic rings. The van der Waals surface area contributed by atoms with Crippen molar-refractivity contribution in [2.24, 2.45) is 0 Å². The summed E-state index contributed by atoms with van der Waals surface area (Å²) in [5.41, 5.74) is -0.515. The fourth-order valence-corrected chi connectivity index (χ4v) is 2.56. The number of urea groups is 1. The molecule has 120 valence electrons. The number of nitrogens with one attached hydrogen (secondary N) is 2. The van der Waals surface area contributed by atoms with Crippen molar-refractivity contribution in [3.8, 4) is 0 Å². The predicted molar refractivity (Wildman–Crippen MR) is 86.1 cm³/mol. The van der Waals surface area contributed by atoms with Gasteiger partial charge in [-0.05, 0) is 29.3 Å². The van der Waals surface area contributed by atoms with Gasteiger partial charge in [0, 0.05) is 11.5 Å². The molecule has 2 amide bonds. The highest BCUT2D eigenvalue weighted by atomic mass is 32.1. The van der Waals surface area contributed by atoms with Gasteiger partial charge in [-0.3, -0.25) is 5.32 Å². The number of rotatable bonds is 4. The fourth-order valence-electron chi connectivity index (χ4n) is 1.77. The third kappa shape index (κ3) is 4.08. The SMILES string of the molecule is CC(C)(C)c1cc(NC(=O)NCC(C)(O)c2ccsc2)no1. The first-order valence-corrected chi connectivity index (χ1v) is 7.90. The largest absolute Gasteiger partial charge is 0.384 e. The summed E-state index contributed by atoms with van der Waals surface area (Å²) >= 11 is 1.50. The van der Waals surface area contributed by atoms with Gasteiger partial charge in [0.05, 0.1) is 6.54 Å². The first-order chi connectivity index (χ1) is 10.2. The zero-order chi connectivity index (χ0) is 16.4. The molecule has 0 aliphatic carbocycles. The summed E-state index contributed by atoms with van der Waals surface area (Å²) in [5, 5.41) is 23.1. The zero-order valence-corrected chi connectivity index (χ0v) is 14.0. The van der Waals surface area contributed by atoms with E-state index in [1.807, 2.05) is 37.6 Å². The number of hydrogen-bond acceptors (Lipinski definition) is 5. The minimum Gasteiger partial charge on any atom is -0.384 e. The number of aromatic nitrogens is 1. The van der Waals surface area contributed by atoms with Gasteiger partial charge in [0.2, 0.25) is 0 Å². The van der Waals surface area contributed by atoms with Crippen molar-refractivity contribution in [3.05, 3.63) is 34.2 Å². The van der Waals surface area contributed by atoms with Crippen LogP contribution in [0.5, 0.6) is 0 Å². The first-order valence-electron chi connectivity index (χ1n) is 6.95. The van der Waals surface area contributed by atoms with Gasteiger partial charge in [0.1, 0.15) is 11.4 Å². The van der Waals surface area contributed by atoms with Crippen LogP contribution in [-0.2, 0) is 11.0 Å². The number of carbonyl (C=O) groups excluding carboxylic acids is 1. The molecule has 2 rings (SSSR count). The van der Waals surface area contributed by atoms with Crippen LogP contribution >= 0.6 is 11.3 Å². The number of hydrogen-bond donors (Lipinski definition) is 3. The van der Waals surface area contributed by atoms with Crippen molar-refractivity contribution in [3.63, 3.8) is 0 Å². The molecule has 0 aliphatic rings. The minimum atomic E-state index is -1.11. The Morgan fingerprint density at radius 3 is 2.68 bits per heavy atom. The number of anilines is 1. The maximum absolute atomic E-state index is 11.9. The molecule has 2 aromatic heterocycles. The summed E-state index contributed by atoms with van der Waals surface area (Å²) in [7, 11) is 0. The van der Waals surface area contributed by atoms with Crippen LogP contribution in [-0.4, -0.2) is 22.8 Å². The number of carbonyl (C=O) groups is 1. The van der Waals surface area contributed by atoms with E-state index < -0.39 is 11.6 Å². The van der Waals surface area contributed by atoms with Gasteiger partial charge in [0.15, 0.2) is 5.82 Å². The van der Waals surface area contributed by atoms with Crippen LogP contribution in [0.1, 0.15) is 39.0 Å². The van der Waals surface area contributed by atoms with E-state index in [-0.39, 0.29) is 12.0 Å². The Kier molecular flexibility index (Phi) is 4.58. The molecule has 0 fully saturated rings. The molecule has 0 saturated carbocycles. The van der Waals surface area contributed by atoms with Crippen molar-refractivity contribution in [1.29, 1.82) is 0 Å². The van der Waals surface area contributed by atoms with Crippen LogP contribution in [0, 0.1) is 0 Å². The summed E-state index contributed by atoms with van der Waals surface area (Å²) in [6, 6.07) is 3.08. The van der Waals surface area contributed by atoms with Crippen LogP contribution in [0.2, 0.25) is 0 Å². The van der Waals surface area contributed by atoms with E-state index in [0.29, 0.717) is 11.6 Å². The third-order valence-corrected chi connectivity index (χ3v) is 3.91. The highest BCUT2D eigenvalue weighted by Gasteiger charge is 2.25. The van der Waals surface area contributed by atoms with Gasteiger partial charge in [-0.1, -0.05) is 25.9 Å². The molecule has 0 spiro atoms. The normalized spacial score (nSPS) is 14.4. The molecule has 7 heteroatoms. The summed E-state index contributed by atoms with van der Waals surface area (Å²) in [6.45, 7) is 7.74. The molecule has 0 saturated heterocycles. The van der Waals surface area contributed by atoms with Crippen molar-refractivity contribution >= 4 is 23.2 Å². The Balaban J connectivity index is 1.90. The molecule has 2 heterocycles. The maximum atomic E-state index is 11.9. The van der Waals surface area contributed by atoms with Crippen LogP contribution in [0.15, 0.2) is 27.4 Å². The standard InChI is InChI=1S/C15H21N3O3S/c1-14(2,3)11-7-12(18-21-11)17-13(19)16-9-15(4,20)10-5-6-22-8-10/h5-8,20H,9H2,1-4H3,(H2,16,17,18,19). The molecule has 0 radical (unpaired) electrons. The van der Waals surface area contributed by atoms with Crippen LogP contribution in [0.25, 0.3) is 0 Å². The van der Waals surface area contributed by atoms with Crippen LogP contribution < -0.4 is 10.6 Å². The molecule has 0 bridgehead atoms. The van der Waals surface area contributed by atoms with Crippen LogP contribution in [0.4, 0.5) is 10.6 Å². The maximum Gasteiger partial charge on any atom is 0.320 e. The van der Waals surface area contributed by atoms with Crippen LogP contribution in [0.3, 0.4) is 0 Å². The number of amides is 2. The molecule has 22 heavy (non-hydrogen) atoms. The third-order valence-electron chi connectivity index (χ3n) is 3.23. The average molecular weight is 323 g/mol. The minimum absolute atomic E-state index is 0.0968. The summed E-state index contributed by atoms with van der Waals surface area (Å²) in [4.78, 5) is 11.9. The lowest BCUT2D eigenvalue weighted by Gasteiger charge is -2.22. The summed E-state index contributed by atoms with van der Waals surface area (Å²) in [5.74, 6) is 1.03. The van der Waals surface area contributed by atoms with E-state index in [1.54, 1.807) is 13.0 Å². The average Bonchev–Trinajstić information content (AvgIpc) is 3.06. The van der Waals surface area contributed by atoms with Crippen molar-refractivity contribution < 1.29 is 14.4 Å². The number of nitrogens with zero attached hydrogens (tertiary/aromatic N) is 1. The van der Waals surface area contributed by atoms with Gasteiger partial charge in [-0.25, -0.2) is 4.79 Å². The molecule has 6 nitrogen and oxygen atoms in total. The predicted octanol–water partition coefficient (Wildman–Crippen LogP) is 3.06. The lowest BCUT2D eigenvalue weighted by Crippen LogP contribution is -2.40. The Morgan fingerprint density at radius 2 is 2.14 bits per heavy atom. The highest BCUT2D eigenvalue weighted by Crippen LogP contribution is 2.24. The summed E-state index contributed by atoms with van der Waals surface area (Å²) in [6.07, 6.45) is 0. The van der Waals surface area contributed by atoms with Gasteiger partial charge >= 0.3 is 6.03 Å². The van der Waals surface area contributed by atoms with E-state index >= 15 is 0 Å². The van der Waals surface area contributed by atoms with E-state index in [1.165, 1.54) is 11.3 Å². The second kappa shape index (κ2) is 6.10.